The van der Waals surface area contributed by atoms with Crippen LogP contribution in [0.1, 0.15) is 48.0 Å². The fourth-order valence-electron chi connectivity index (χ4n) is 3.84. The summed E-state index contributed by atoms with van der Waals surface area (Å²) in [6.45, 7) is 6.95. The number of carbonyl (C=O) groups is 1. The number of carbonyl (C=O) groups excluding carboxylic acids is 1. The molecule has 1 unspecified atom stereocenters. The number of thiophene rings is 1. The van der Waals surface area contributed by atoms with E-state index in [1.807, 2.05) is 35.7 Å². The Hall–Kier alpha value is -2.20. The molecule has 4 rings (SSSR count). The van der Waals surface area contributed by atoms with Crippen LogP contribution in [0.3, 0.4) is 0 Å². The molecule has 1 aliphatic rings. The van der Waals surface area contributed by atoms with Gasteiger partial charge in [0.2, 0.25) is 0 Å². The summed E-state index contributed by atoms with van der Waals surface area (Å²) in [6, 6.07) is 9.81. The molecule has 1 amide bonds. The Morgan fingerprint density at radius 1 is 1.23 bits per heavy atom. The zero-order valence-electron chi connectivity index (χ0n) is 15.5. The molecule has 1 atom stereocenters. The SMILES string of the molecule is CC(C)(C)C1CCc2c(C(=O)Nc3cccc4cccnc34)csc2C1. The van der Waals surface area contributed by atoms with Gasteiger partial charge in [0.25, 0.3) is 5.91 Å². The minimum atomic E-state index is -0.0186. The van der Waals surface area contributed by atoms with Gasteiger partial charge in [-0.05, 0) is 48.3 Å². The summed E-state index contributed by atoms with van der Waals surface area (Å²) in [4.78, 5) is 18.8. The molecule has 3 nitrogen and oxygen atoms in total. The maximum Gasteiger partial charge on any atom is 0.256 e. The van der Waals surface area contributed by atoms with Crippen LogP contribution >= 0.6 is 11.3 Å². The lowest BCUT2D eigenvalue weighted by molar-refractivity contribution is 0.102. The van der Waals surface area contributed by atoms with Crippen molar-refractivity contribution < 1.29 is 4.79 Å². The van der Waals surface area contributed by atoms with Crippen molar-refractivity contribution in [1.82, 2.24) is 4.98 Å². The third-order valence-corrected chi connectivity index (χ3v) is 6.56. The molecular formula is C22H24N2OS. The zero-order valence-corrected chi connectivity index (χ0v) is 16.3. The number of nitrogens with zero attached hydrogens (tertiary/aromatic N) is 1. The maximum atomic E-state index is 12.9. The predicted molar refractivity (Wildman–Crippen MR) is 109 cm³/mol. The number of anilines is 1. The van der Waals surface area contributed by atoms with Gasteiger partial charge in [-0.1, -0.05) is 39.0 Å². The molecule has 1 aliphatic carbocycles. The topological polar surface area (TPSA) is 42.0 Å². The molecular weight excluding hydrogens is 340 g/mol. The summed E-state index contributed by atoms with van der Waals surface area (Å²) >= 11 is 1.74. The Morgan fingerprint density at radius 2 is 2.04 bits per heavy atom. The monoisotopic (exact) mass is 364 g/mol. The van der Waals surface area contributed by atoms with Crippen LogP contribution in [0.4, 0.5) is 5.69 Å². The van der Waals surface area contributed by atoms with Gasteiger partial charge in [0.15, 0.2) is 0 Å². The van der Waals surface area contributed by atoms with Crippen molar-refractivity contribution in [3.05, 3.63) is 57.9 Å². The lowest BCUT2D eigenvalue weighted by atomic mass is 9.72. The van der Waals surface area contributed by atoms with E-state index in [1.165, 1.54) is 10.4 Å². The summed E-state index contributed by atoms with van der Waals surface area (Å²) in [5, 5.41) is 6.15. The van der Waals surface area contributed by atoms with E-state index in [-0.39, 0.29) is 5.91 Å². The summed E-state index contributed by atoms with van der Waals surface area (Å²) in [7, 11) is 0. The van der Waals surface area contributed by atoms with Crippen molar-refractivity contribution in [1.29, 1.82) is 0 Å². The van der Waals surface area contributed by atoms with Crippen LogP contribution in [-0.4, -0.2) is 10.9 Å². The van der Waals surface area contributed by atoms with Crippen molar-refractivity contribution in [2.45, 2.75) is 40.0 Å². The second kappa shape index (κ2) is 6.51. The predicted octanol–water partition coefficient (Wildman–Crippen LogP) is 5.70. The third-order valence-electron chi connectivity index (χ3n) is 5.51. The Kier molecular flexibility index (Phi) is 4.31. The number of hydrogen-bond donors (Lipinski definition) is 1. The largest absolute Gasteiger partial charge is 0.320 e. The van der Waals surface area contributed by atoms with Crippen LogP contribution in [0, 0.1) is 11.3 Å². The number of fused-ring (bicyclic) bond motifs is 2. The molecule has 0 saturated heterocycles. The van der Waals surface area contributed by atoms with Gasteiger partial charge in [0.1, 0.15) is 0 Å². The van der Waals surface area contributed by atoms with Crippen molar-refractivity contribution in [3.63, 3.8) is 0 Å². The number of para-hydroxylation sites is 1. The number of nitrogens with one attached hydrogen (secondary N) is 1. The van der Waals surface area contributed by atoms with Crippen LogP contribution in [0.25, 0.3) is 10.9 Å². The highest BCUT2D eigenvalue weighted by Gasteiger charge is 2.31. The number of amides is 1. The van der Waals surface area contributed by atoms with E-state index in [9.17, 15) is 4.79 Å². The first-order valence-electron chi connectivity index (χ1n) is 9.18. The van der Waals surface area contributed by atoms with Crippen LogP contribution < -0.4 is 5.32 Å². The molecule has 26 heavy (non-hydrogen) atoms. The number of rotatable bonds is 2. The molecule has 3 aromatic rings. The number of aromatic nitrogens is 1. The molecule has 1 aromatic carbocycles. The molecule has 0 fully saturated rings. The molecule has 0 bridgehead atoms. The lowest BCUT2D eigenvalue weighted by Gasteiger charge is -2.34. The zero-order chi connectivity index (χ0) is 18.3. The van der Waals surface area contributed by atoms with Crippen molar-refractivity contribution in [3.8, 4) is 0 Å². The average molecular weight is 365 g/mol. The van der Waals surface area contributed by atoms with Gasteiger partial charge in [0.05, 0.1) is 16.8 Å². The second-order valence-corrected chi connectivity index (χ2v) is 9.16. The van der Waals surface area contributed by atoms with Crippen molar-refractivity contribution >= 4 is 33.8 Å². The van der Waals surface area contributed by atoms with Gasteiger partial charge < -0.3 is 5.32 Å². The molecule has 1 N–H and O–H groups in total. The Bertz CT molecular complexity index is 962. The molecule has 0 spiro atoms. The van der Waals surface area contributed by atoms with Gasteiger partial charge in [-0.3, -0.25) is 9.78 Å². The van der Waals surface area contributed by atoms with Gasteiger partial charge in [-0.15, -0.1) is 11.3 Å². The van der Waals surface area contributed by atoms with Gasteiger partial charge in [-0.2, -0.15) is 0 Å². The van der Waals surface area contributed by atoms with E-state index in [1.54, 1.807) is 17.5 Å². The van der Waals surface area contributed by atoms with E-state index < -0.39 is 0 Å². The number of pyridine rings is 1. The second-order valence-electron chi connectivity index (χ2n) is 8.19. The smallest absolute Gasteiger partial charge is 0.256 e. The highest BCUT2D eigenvalue weighted by atomic mass is 32.1. The minimum absolute atomic E-state index is 0.0186. The molecule has 4 heteroatoms. The first kappa shape index (κ1) is 17.2. The van der Waals surface area contributed by atoms with Crippen LogP contribution in [0.5, 0.6) is 0 Å². The highest BCUT2D eigenvalue weighted by molar-refractivity contribution is 7.10. The van der Waals surface area contributed by atoms with Crippen molar-refractivity contribution in [2.75, 3.05) is 5.32 Å². The normalized spacial score (nSPS) is 17.1. The van der Waals surface area contributed by atoms with Gasteiger partial charge in [0, 0.05) is 21.8 Å². The quantitative estimate of drug-likeness (QED) is 0.634. The van der Waals surface area contributed by atoms with Crippen LogP contribution in [-0.2, 0) is 12.8 Å². The van der Waals surface area contributed by atoms with E-state index in [2.05, 4.69) is 31.1 Å². The van der Waals surface area contributed by atoms with Gasteiger partial charge >= 0.3 is 0 Å². The molecule has 0 radical (unpaired) electrons. The van der Waals surface area contributed by atoms with E-state index in [4.69, 9.17) is 0 Å². The first-order chi connectivity index (χ1) is 12.4. The Morgan fingerprint density at radius 3 is 2.85 bits per heavy atom. The summed E-state index contributed by atoms with van der Waals surface area (Å²) in [5.41, 5.74) is 4.02. The molecule has 2 aromatic heterocycles. The van der Waals surface area contributed by atoms with E-state index >= 15 is 0 Å². The molecule has 0 aliphatic heterocycles. The number of hydrogen-bond acceptors (Lipinski definition) is 3. The average Bonchev–Trinajstić information content (AvgIpc) is 3.04. The molecule has 2 heterocycles. The van der Waals surface area contributed by atoms with Gasteiger partial charge in [-0.25, -0.2) is 0 Å². The van der Waals surface area contributed by atoms with E-state index in [0.29, 0.717) is 11.3 Å². The summed E-state index contributed by atoms with van der Waals surface area (Å²) < 4.78 is 0. The fraction of sp³-hybridized carbons (Fsp3) is 0.364. The minimum Gasteiger partial charge on any atom is -0.320 e. The fourth-order valence-corrected chi connectivity index (χ4v) is 5.00. The molecule has 0 saturated carbocycles. The third kappa shape index (κ3) is 3.14. The van der Waals surface area contributed by atoms with Crippen molar-refractivity contribution in [2.24, 2.45) is 11.3 Å². The molecule has 134 valence electrons. The first-order valence-corrected chi connectivity index (χ1v) is 10.1. The highest BCUT2D eigenvalue weighted by Crippen LogP contribution is 2.40. The Labute approximate surface area is 158 Å². The van der Waals surface area contributed by atoms with E-state index in [0.717, 1.165) is 41.4 Å². The van der Waals surface area contributed by atoms with Crippen LogP contribution in [0.15, 0.2) is 41.9 Å². The summed E-state index contributed by atoms with van der Waals surface area (Å²) in [5.74, 6) is 0.668. The lowest BCUT2D eigenvalue weighted by Crippen LogP contribution is -2.27. The maximum absolute atomic E-state index is 12.9. The Balaban J connectivity index is 1.60. The summed E-state index contributed by atoms with van der Waals surface area (Å²) in [6.07, 6.45) is 5.00. The number of benzene rings is 1. The standard InChI is InChI=1S/C22H24N2OS/c1-22(2,3)15-9-10-16-17(13-26-19(16)12-15)21(25)24-18-8-4-6-14-7-5-11-23-20(14)18/h4-8,11,13,15H,9-10,12H2,1-3H3,(H,24,25). The van der Waals surface area contributed by atoms with Crippen LogP contribution in [0.2, 0.25) is 0 Å².